The van der Waals surface area contributed by atoms with E-state index in [1.54, 1.807) is 0 Å². The molecule has 0 spiro atoms. The fraction of sp³-hybridized carbons (Fsp3) is 0.900. The molecule has 0 N–H and O–H groups in total. The van der Waals surface area contributed by atoms with E-state index in [2.05, 4.69) is 25.8 Å². The third kappa shape index (κ3) is 9.37. The summed E-state index contributed by atoms with van der Waals surface area (Å²) in [4.78, 5) is 23.7. The molecule has 0 heterocycles. The molecule has 28 heavy (non-hydrogen) atoms. The summed E-state index contributed by atoms with van der Waals surface area (Å²) in [7, 11) is 0. The maximum absolute atomic E-state index is 11.9. The number of hydrogen-bond acceptors (Lipinski definition) is 8. The Kier molecular flexibility index (Phi) is 11.7. The first-order chi connectivity index (χ1) is 13.6. The highest BCUT2D eigenvalue weighted by atomic mass is 32.1. The van der Waals surface area contributed by atoms with E-state index in [0.29, 0.717) is 50.7 Å². The Bertz CT molecular complexity index is 434. The molecule has 0 bridgehead atoms. The van der Waals surface area contributed by atoms with E-state index >= 15 is 0 Å². The average molecular weight is 435 g/mol. The minimum Gasteiger partial charge on any atom is -0.465 e. The third-order valence-corrected chi connectivity index (χ3v) is 6.34. The van der Waals surface area contributed by atoms with Crippen molar-refractivity contribution in [1.29, 1.82) is 0 Å². The second kappa shape index (κ2) is 13.7. The summed E-state index contributed by atoms with van der Waals surface area (Å²) in [5.74, 6) is 0.332. The highest BCUT2D eigenvalue weighted by Gasteiger charge is 2.24. The van der Waals surface area contributed by atoms with Crippen molar-refractivity contribution in [2.45, 2.75) is 89.3 Å². The zero-order chi connectivity index (χ0) is 20.2. The van der Waals surface area contributed by atoms with E-state index in [1.807, 2.05) is 0 Å². The zero-order valence-corrected chi connectivity index (χ0v) is 18.3. The number of carbonyl (C=O) groups is 2. The number of unbranched alkanes of at least 4 members (excludes halogenated alkanes) is 1. The first-order valence-corrected chi connectivity index (χ1v) is 11.3. The van der Waals surface area contributed by atoms with Crippen LogP contribution in [0.25, 0.3) is 0 Å². The first-order valence-electron chi connectivity index (χ1n) is 10.5. The minimum atomic E-state index is -0.192. The molecule has 162 valence electrons. The normalized spacial score (nSPS) is 27.9. The second-order valence-corrected chi connectivity index (χ2v) is 8.51. The van der Waals surface area contributed by atoms with Gasteiger partial charge in [-0.25, -0.2) is 0 Å². The molecule has 0 aliphatic heterocycles. The van der Waals surface area contributed by atoms with E-state index in [1.165, 1.54) is 0 Å². The zero-order valence-electron chi connectivity index (χ0n) is 16.6. The molecule has 2 saturated carbocycles. The van der Waals surface area contributed by atoms with Crippen LogP contribution in [0.2, 0.25) is 0 Å². The van der Waals surface area contributed by atoms with Crippen LogP contribution in [0.4, 0.5) is 0 Å². The van der Waals surface area contributed by atoms with Gasteiger partial charge in [-0.05, 0) is 89.0 Å². The lowest BCUT2D eigenvalue weighted by atomic mass is 9.88. The standard InChI is InChI=1S/C20H34O6S2/c21-19(23-13-15-5-3-7-17(11-15)25-27)9-1-2-10-20(22)24-14-16-6-4-8-18(12-16)26-28/h15-18,27-28H,1-14H2. The van der Waals surface area contributed by atoms with Gasteiger partial charge >= 0.3 is 11.9 Å². The molecule has 0 aromatic carbocycles. The van der Waals surface area contributed by atoms with Gasteiger partial charge in [0.1, 0.15) is 0 Å². The van der Waals surface area contributed by atoms with E-state index in [4.69, 9.17) is 17.8 Å². The molecule has 0 saturated heterocycles. The molecule has 0 aromatic heterocycles. The Morgan fingerprint density at radius 3 is 1.54 bits per heavy atom. The molecule has 2 rings (SSSR count). The number of rotatable bonds is 11. The molecule has 4 unspecified atom stereocenters. The molecule has 4 atom stereocenters. The summed E-state index contributed by atoms with van der Waals surface area (Å²) in [5, 5.41) is 0. The Balaban J connectivity index is 1.47. The van der Waals surface area contributed by atoms with E-state index in [-0.39, 0.29) is 24.1 Å². The minimum absolute atomic E-state index is 0.164. The molecule has 2 fully saturated rings. The molecule has 6 nitrogen and oxygen atoms in total. The van der Waals surface area contributed by atoms with Gasteiger partial charge in [-0.2, -0.15) is 0 Å². The number of thiol groups is 2. The van der Waals surface area contributed by atoms with Crippen LogP contribution >= 0.6 is 25.8 Å². The maximum Gasteiger partial charge on any atom is 0.305 e. The molecular weight excluding hydrogens is 400 g/mol. The Morgan fingerprint density at radius 1 is 0.714 bits per heavy atom. The van der Waals surface area contributed by atoms with E-state index in [9.17, 15) is 9.59 Å². The van der Waals surface area contributed by atoms with Crippen LogP contribution in [0.5, 0.6) is 0 Å². The largest absolute Gasteiger partial charge is 0.465 e. The van der Waals surface area contributed by atoms with Gasteiger partial charge in [0.05, 0.1) is 25.4 Å². The number of carbonyl (C=O) groups excluding carboxylic acids is 2. The van der Waals surface area contributed by atoms with Gasteiger partial charge in [0.2, 0.25) is 0 Å². The monoisotopic (exact) mass is 434 g/mol. The lowest BCUT2D eigenvalue weighted by Crippen LogP contribution is -2.25. The highest BCUT2D eigenvalue weighted by Crippen LogP contribution is 2.28. The third-order valence-electron chi connectivity index (χ3n) is 5.74. The summed E-state index contributed by atoms with van der Waals surface area (Å²) in [6, 6.07) is 0. The molecular formula is C20H34O6S2. The lowest BCUT2D eigenvalue weighted by molar-refractivity contribution is -0.147. The van der Waals surface area contributed by atoms with Crippen LogP contribution in [0.15, 0.2) is 0 Å². The summed E-state index contributed by atoms with van der Waals surface area (Å²) in [6.07, 6.45) is 10.4. The quantitative estimate of drug-likeness (QED) is 0.216. The van der Waals surface area contributed by atoms with Crippen molar-refractivity contribution in [3.63, 3.8) is 0 Å². The van der Waals surface area contributed by atoms with Crippen LogP contribution in [-0.4, -0.2) is 37.4 Å². The Hall–Kier alpha value is -0.440. The van der Waals surface area contributed by atoms with Crippen LogP contribution in [0.3, 0.4) is 0 Å². The van der Waals surface area contributed by atoms with Crippen molar-refractivity contribution in [3.8, 4) is 0 Å². The molecule has 2 aliphatic carbocycles. The smallest absolute Gasteiger partial charge is 0.305 e. The van der Waals surface area contributed by atoms with Gasteiger partial charge in [-0.1, -0.05) is 12.8 Å². The van der Waals surface area contributed by atoms with Crippen molar-refractivity contribution < 1.29 is 27.4 Å². The highest BCUT2D eigenvalue weighted by molar-refractivity contribution is 7.75. The van der Waals surface area contributed by atoms with Gasteiger partial charge < -0.3 is 17.8 Å². The van der Waals surface area contributed by atoms with Crippen LogP contribution in [-0.2, 0) is 27.4 Å². The van der Waals surface area contributed by atoms with Gasteiger partial charge in [0, 0.05) is 12.8 Å². The van der Waals surface area contributed by atoms with E-state index < -0.39 is 0 Å². The Morgan fingerprint density at radius 2 is 1.14 bits per heavy atom. The van der Waals surface area contributed by atoms with E-state index in [0.717, 1.165) is 51.4 Å². The molecule has 0 radical (unpaired) electrons. The topological polar surface area (TPSA) is 71.1 Å². The number of ether oxygens (including phenoxy) is 2. The number of esters is 2. The number of hydrogen-bond donors (Lipinski definition) is 2. The van der Waals surface area contributed by atoms with Crippen molar-refractivity contribution in [1.82, 2.24) is 0 Å². The van der Waals surface area contributed by atoms with Crippen molar-refractivity contribution in [3.05, 3.63) is 0 Å². The lowest BCUT2D eigenvalue weighted by Gasteiger charge is -2.27. The van der Waals surface area contributed by atoms with Crippen molar-refractivity contribution in [2.24, 2.45) is 11.8 Å². The summed E-state index contributed by atoms with van der Waals surface area (Å²) >= 11 is 7.77. The molecule has 0 aromatic rings. The van der Waals surface area contributed by atoms with Crippen molar-refractivity contribution in [2.75, 3.05) is 13.2 Å². The maximum atomic E-state index is 11.9. The average Bonchev–Trinajstić information content (AvgIpc) is 2.74. The summed E-state index contributed by atoms with van der Waals surface area (Å²) < 4.78 is 21.0. The fourth-order valence-electron chi connectivity index (χ4n) is 4.08. The summed E-state index contributed by atoms with van der Waals surface area (Å²) in [5.41, 5.74) is 0. The van der Waals surface area contributed by atoms with Crippen LogP contribution in [0.1, 0.15) is 77.0 Å². The second-order valence-electron chi connectivity index (χ2n) is 8.09. The van der Waals surface area contributed by atoms with Gasteiger partial charge in [0.15, 0.2) is 0 Å². The predicted molar refractivity (Wildman–Crippen MR) is 112 cm³/mol. The first kappa shape index (κ1) is 23.8. The molecule has 2 aliphatic rings. The summed E-state index contributed by atoms with van der Waals surface area (Å²) in [6.45, 7) is 0.903. The van der Waals surface area contributed by atoms with Crippen LogP contribution in [0, 0.1) is 11.8 Å². The van der Waals surface area contributed by atoms with Gasteiger partial charge in [-0.3, -0.25) is 9.59 Å². The van der Waals surface area contributed by atoms with Crippen LogP contribution < -0.4 is 0 Å². The SMILES string of the molecule is O=C(CCCCC(=O)OCC1CCCC(OS)C1)OCC1CCCC(OS)C1. The fourth-order valence-corrected chi connectivity index (χ4v) is 4.47. The van der Waals surface area contributed by atoms with Gasteiger partial charge in [0.25, 0.3) is 0 Å². The Labute approximate surface area is 179 Å². The molecule has 0 amide bonds. The predicted octanol–water partition coefficient (Wildman–Crippen LogP) is 4.47. The van der Waals surface area contributed by atoms with Gasteiger partial charge in [-0.15, -0.1) is 0 Å². The molecule has 8 heteroatoms. The van der Waals surface area contributed by atoms with Crippen molar-refractivity contribution >= 4 is 37.8 Å².